The molecule has 2 aromatic heterocycles. The van der Waals surface area contributed by atoms with E-state index in [2.05, 4.69) is 4.98 Å². The summed E-state index contributed by atoms with van der Waals surface area (Å²) in [6, 6.07) is 7.70. The number of aryl methyl sites for hydroxylation is 2. The first kappa shape index (κ1) is 13.8. The molecule has 0 atom stereocenters. The summed E-state index contributed by atoms with van der Waals surface area (Å²) < 4.78 is 5.47. The Kier molecular flexibility index (Phi) is 3.29. The SMILES string of the molecule is Cc1nc(-c2cc3ccc(N(C)C)cc3oc2=O)sc1C. The minimum Gasteiger partial charge on any atom is -0.422 e. The van der Waals surface area contributed by atoms with Crippen molar-refractivity contribution >= 4 is 28.0 Å². The highest BCUT2D eigenvalue weighted by molar-refractivity contribution is 7.15. The first-order valence-electron chi connectivity index (χ1n) is 6.65. The summed E-state index contributed by atoms with van der Waals surface area (Å²) in [5, 5.41) is 1.62. The molecule has 2 heterocycles. The highest BCUT2D eigenvalue weighted by atomic mass is 32.1. The zero-order valence-electron chi connectivity index (χ0n) is 12.4. The molecule has 21 heavy (non-hydrogen) atoms. The number of rotatable bonds is 2. The minimum atomic E-state index is -0.341. The van der Waals surface area contributed by atoms with Crippen LogP contribution in [0.25, 0.3) is 21.5 Å². The second-order valence-corrected chi connectivity index (χ2v) is 6.43. The first-order chi connectivity index (χ1) is 9.95. The maximum absolute atomic E-state index is 12.2. The molecule has 0 fully saturated rings. The van der Waals surface area contributed by atoms with E-state index in [0.717, 1.165) is 26.7 Å². The number of hydrogen-bond acceptors (Lipinski definition) is 5. The van der Waals surface area contributed by atoms with Crippen LogP contribution in [0.2, 0.25) is 0 Å². The van der Waals surface area contributed by atoms with Gasteiger partial charge in [0.25, 0.3) is 0 Å². The number of fused-ring (bicyclic) bond motifs is 1. The Morgan fingerprint density at radius 1 is 1.19 bits per heavy atom. The molecular weight excluding hydrogens is 284 g/mol. The number of nitrogens with zero attached hydrogens (tertiary/aromatic N) is 2. The maximum Gasteiger partial charge on any atom is 0.346 e. The highest BCUT2D eigenvalue weighted by Gasteiger charge is 2.13. The van der Waals surface area contributed by atoms with Crippen molar-refractivity contribution in [2.75, 3.05) is 19.0 Å². The van der Waals surface area contributed by atoms with E-state index in [0.29, 0.717) is 11.1 Å². The molecule has 0 unspecified atom stereocenters. The van der Waals surface area contributed by atoms with Crippen LogP contribution in [0.15, 0.2) is 33.5 Å². The van der Waals surface area contributed by atoms with E-state index < -0.39 is 0 Å². The number of thiazole rings is 1. The van der Waals surface area contributed by atoms with Gasteiger partial charge in [0.2, 0.25) is 0 Å². The van der Waals surface area contributed by atoms with Crippen LogP contribution in [0, 0.1) is 13.8 Å². The first-order valence-corrected chi connectivity index (χ1v) is 7.47. The molecular formula is C16H16N2O2S. The maximum atomic E-state index is 12.2. The van der Waals surface area contributed by atoms with Crippen LogP contribution >= 0.6 is 11.3 Å². The highest BCUT2D eigenvalue weighted by Crippen LogP contribution is 2.28. The summed E-state index contributed by atoms with van der Waals surface area (Å²) in [7, 11) is 3.91. The van der Waals surface area contributed by atoms with Crippen molar-refractivity contribution in [2.24, 2.45) is 0 Å². The van der Waals surface area contributed by atoms with Crippen molar-refractivity contribution in [1.82, 2.24) is 4.98 Å². The van der Waals surface area contributed by atoms with Gasteiger partial charge in [0.05, 0.1) is 11.3 Å². The fourth-order valence-corrected chi connectivity index (χ4v) is 3.03. The number of anilines is 1. The van der Waals surface area contributed by atoms with Gasteiger partial charge in [-0.05, 0) is 32.0 Å². The van der Waals surface area contributed by atoms with Crippen molar-refractivity contribution in [2.45, 2.75) is 13.8 Å². The molecule has 0 amide bonds. The molecule has 0 aliphatic rings. The molecule has 0 saturated carbocycles. The van der Waals surface area contributed by atoms with Gasteiger partial charge in [-0.1, -0.05) is 0 Å². The largest absolute Gasteiger partial charge is 0.422 e. The summed E-state index contributed by atoms with van der Waals surface area (Å²) in [6.07, 6.45) is 0. The second-order valence-electron chi connectivity index (χ2n) is 5.22. The van der Waals surface area contributed by atoms with E-state index in [4.69, 9.17) is 4.42 Å². The van der Waals surface area contributed by atoms with Crippen molar-refractivity contribution in [1.29, 1.82) is 0 Å². The lowest BCUT2D eigenvalue weighted by atomic mass is 10.1. The molecule has 0 radical (unpaired) electrons. The quantitative estimate of drug-likeness (QED) is 0.678. The normalized spacial score (nSPS) is 11.0. The monoisotopic (exact) mass is 300 g/mol. The summed E-state index contributed by atoms with van der Waals surface area (Å²) >= 11 is 1.52. The van der Waals surface area contributed by atoms with E-state index in [9.17, 15) is 4.79 Å². The summed E-state index contributed by atoms with van der Waals surface area (Å²) in [5.41, 5.74) is 2.74. The van der Waals surface area contributed by atoms with Gasteiger partial charge in [0, 0.05) is 36.1 Å². The predicted octanol–water partition coefficient (Wildman–Crippen LogP) is 3.60. The molecule has 3 rings (SSSR count). The Morgan fingerprint density at radius 3 is 2.57 bits per heavy atom. The van der Waals surface area contributed by atoms with Crippen LogP contribution in [-0.4, -0.2) is 19.1 Å². The molecule has 108 valence electrons. The number of benzene rings is 1. The average molecular weight is 300 g/mol. The Balaban J connectivity index is 2.20. The van der Waals surface area contributed by atoms with Gasteiger partial charge >= 0.3 is 5.63 Å². The van der Waals surface area contributed by atoms with Crippen LogP contribution in [0.3, 0.4) is 0 Å². The topological polar surface area (TPSA) is 46.3 Å². The van der Waals surface area contributed by atoms with E-state index in [1.165, 1.54) is 11.3 Å². The lowest BCUT2D eigenvalue weighted by Gasteiger charge is -2.12. The lowest BCUT2D eigenvalue weighted by molar-refractivity contribution is 0.563. The molecule has 5 heteroatoms. The van der Waals surface area contributed by atoms with Gasteiger partial charge in [0.15, 0.2) is 0 Å². The Hall–Kier alpha value is -2.14. The molecule has 1 aromatic carbocycles. The van der Waals surface area contributed by atoms with E-state index >= 15 is 0 Å². The van der Waals surface area contributed by atoms with Gasteiger partial charge in [-0.15, -0.1) is 11.3 Å². The molecule has 3 aromatic rings. The van der Waals surface area contributed by atoms with Crippen LogP contribution in [0.1, 0.15) is 10.6 Å². The van der Waals surface area contributed by atoms with Crippen molar-refractivity contribution < 1.29 is 4.42 Å². The van der Waals surface area contributed by atoms with Crippen LogP contribution in [-0.2, 0) is 0 Å². The van der Waals surface area contributed by atoms with Crippen LogP contribution < -0.4 is 10.5 Å². The Bertz CT molecular complexity index is 858. The number of hydrogen-bond donors (Lipinski definition) is 0. The third-order valence-corrected chi connectivity index (χ3v) is 4.60. The molecule has 0 aliphatic heterocycles. The molecule has 0 saturated heterocycles. The molecule has 0 spiro atoms. The van der Waals surface area contributed by atoms with Gasteiger partial charge in [0.1, 0.15) is 10.6 Å². The van der Waals surface area contributed by atoms with E-state index in [-0.39, 0.29) is 5.63 Å². The summed E-state index contributed by atoms with van der Waals surface area (Å²) in [5.74, 6) is 0. The lowest BCUT2D eigenvalue weighted by Crippen LogP contribution is -2.08. The third-order valence-electron chi connectivity index (χ3n) is 3.49. The molecule has 0 bridgehead atoms. The fraction of sp³-hybridized carbons (Fsp3) is 0.250. The summed E-state index contributed by atoms with van der Waals surface area (Å²) in [6.45, 7) is 3.95. The predicted molar refractivity (Wildman–Crippen MR) is 87.4 cm³/mol. The smallest absolute Gasteiger partial charge is 0.346 e. The summed E-state index contributed by atoms with van der Waals surface area (Å²) in [4.78, 5) is 19.8. The molecule has 0 N–H and O–H groups in total. The number of aromatic nitrogens is 1. The van der Waals surface area contributed by atoms with Gasteiger partial charge in [-0.3, -0.25) is 0 Å². The van der Waals surface area contributed by atoms with Crippen LogP contribution in [0.5, 0.6) is 0 Å². The zero-order valence-corrected chi connectivity index (χ0v) is 13.2. The van der Waals surface area contributed by atoms with Crippen molar-refractivity contribution in [3.8, 4) is 10.6 Å². The average Bonchev–Trinajstić information content (AvgIpc) is 2.77. The second kappa shape index (κ2) is 5.00. The zero-order chi connectivity index (χ0) is 15.1. The third kappa shape index (κ3) is 2.45. The Labute approximate surface area is 126 Å². The van der Waals surface area contributed by atoms with Crippen molar-refractivity contribution in [3.63, 3.8) is 0 Å². The van der Waals surface area contributed by atoms with Gasteiger partial charge in [-0.2, -0.15) is 0 Å². The van der Waals surface area contributed by atoms with Gasteiger partial charge in [-0.25, -0.2) is 9.78 Å². The van der Waals surface area contributed by atoms with Gasteiger partial charge < -0.3 is 9.32 Å². The minimum absolute atomic E-state index is 0.341. The molecule has 0 aliphatic carbocycles. The molecule has 4 nitrogen and oxygen atoms in total. The standard InChI is InChI=1S/C16H16N2O2S/c1-9-10(2)21-15(17-9)13-7-11-5-6-12(18(3)4)8-14(11)20-16(13)19/h5-8H,1-4H3. The van der Waals surface area contributed by atoms with E-state index in [1.54, 1.807) is 0 Å². The van der Waals surface area contributed by atoms with Crippen molar-refractivity contribution in [3.05, 3.63) is 45.3 Å². The van der Waals surface area contributed by atoms with Crippen LogP contribution in [0.4, 0.5) is 5.69 Å². The fourth-order valence-electron chi connectivity index (χ4n) is 2.12. The Morgan fingerprint density at radius 2 is 1.95 bits per heavy atom. The van der Waals surface area contributed by atoms with E-state index in [1.807, 2.05) is 57.1 Å².